The molecule has 1 atom stereocenters. The minimum atomic E-state index is -3.01. The van der Waals surface area contributed by atoms with Crippen LogP contribution in [0.3, 0.4) is 0 Å². The van der Waals surface area contributed by atoms with E-state index in [1.807, 2.05) is 20.8 Å². The second-order valence-corrected chi connectivity index (χ2v) is 7.20. The fourth-order valence-corrected chi connectivity index (χ4v) is 3.21. The molecule has 5 nitrogen and oxygen atoms in total. The Morgan fingerprint density at radius 1 is 1.47 bits per heavy atom. The summed E-state index contributed by atoms with van der Waals surface area (Å²) in [4.78, 5) is 0. The van der Waals surface area contributed by atoms with Gasteiger partial charge in [0.15, 0.2) is 0 Å². The van der Waals surface area contributed by atoms with E-state index in [1.54, 1.807) is 0 Å². The van der Waals surface area contributed by atoms with E-state index >= 15 is 0 Å². The van der Waals surface area contributed by atoms with E-state index in [1.165, 1.54) is 4.31 Å². The highest BCUT2D eigenvalue weighted by atomic mass is 32.2. The third kappa shape index (κ3) is 3.14. The van der Waals surface area contributed by atoms with E-state index in [0.29, 0.717) is 13.1 Å². The van der Waals surface area contributed by atoms with E-state index in [9.17, 15) is 8.42 Å². The van der Waals surface area contributed by atoms with Crippen LogP contribution in [0.5, 0.6) is 0 Å². The maximum Gasteiger partial charge on any atom is 0.214 e. The molecule has 0 aromatic heterocycles. The van der Waals surface area contributed by atoms with Gasteiger partial charge in [-0.25, -0.2) is 12.7 Å². The highest BCUT2D eigenvalue weighted by Gasteiger charge is 2.33. The second kappa shape index (κ2) is 4.37. The Kier molecular flexibility index (Phi) is 3.76. The van der Waals surface area contributed by atoms with Crippen molar-refractivity contribution in [2.75, 3.05) is 18.8 Å². The van der Waals surface area contributed by atoms with Gasteiger partial charge in [-0.3, -0.25) is 11.3 Å². The molecule has 1 rings (SSSR count). The van der Waals surface area contributed by atoms with E-state index in [0.717, 1.165) is 6.42 Å². The zero-order valence-electron chi connectivity index (χ0n) is 9.66. The topological polar surface area (TPSA) is 75.4 Å². The van der Waals surface area contributed by atoms with Crippen molar-refractivity contribution >= 4 is 10.0 Å². The maximum absolute atomic E-state index is 11.6. The quantitative estimate of drug-likeness (QED) is 0.529. The molecule has 1 aliphatic rings. The molecule has 90 valence electrons. The lowest BCUT2D eigenvalue weighted by Gasteiger charge is -2.32. The minimum Gasteiger partial charge on any atom is -0.271 e. The summed E-state index contributed by atoms with van der Waals surface area (Å²) < 4.78 is 24.7. The third-order valence-corrected chi connectivity index (χ3v) is 4.76. The Hall–Kier alpha value is -0.170. The van der Waals surface area contributed by atoms with Crippen LogP contribution in [0.1, 0.15) is 27.2 Å². The summed E-state index contributed by atoms with van der Waals surface area (Å²) in [7, 11) is -3.01. The van der Waals surface area contributed by atoms with Crippen LogP contribution in [0.2, 0.25) is 0 Å². The number of nitrogens with two attached hydrogens (primary N) is 1. The van der Waals surface area contributed by atoms with E-state index in [-0.39, 0.29) is 17.2 Å². The summed E-state index contributed by atoms with van der Waals surface area (Å²) in [5.74, 6) is 5.73. The van der Waals surface area contributed by atoms with Crippen LogP contribution in [0.4, 0.5) is 0 Å². The molecule has 0 aromatic rings. The number of rotatable bonds is 3. The number of nitrogens with zero attached hydrogens (tertiary/aromatic N) is 1. The van der Waals surface area contributed by atoms with Crippen LogP contribution in [0, 0.1) is 5.41 Å². The van der Waals surface area contributed by atoms with Gasteiger partial charge in [-0.05, 0) is 11.8 Å². The number of sulfonamides is 1. The molecule has 0 bridgehead atoms. The maximum atomic E-state index is 11.6. The van der Waals surface area contributed by atoms with Gasteiger partial charge in [0, 0.05) is 19.1 Å². The van der Waals surface area contributed by atoms with Crippen molar-refractivity contribution < 1.29 is 8.42 Å². The summed E-state index contributed by atoms with van der Waals surface area (Å²) >= 11 is 0. The molecule has 0 amide bonds. The van der Waals surface area contributed by atoms with Crippen molar-refractivity contribution in [3.05, 3.63) is 0 Å². The second-order valence-electron chi connectivity index (χ2n) is 5.11. The van der Waals surface area contributed by atoms with Gasteiger partial charge in [0.05, 0.1) is 5.75 Å². The van der Waals surface area contributed by atoms with Gasteiger partial charge in [0.25, 0.3) is 0 Å². The average molecular weight is 235 g/mol. The Morgan fingerprint density at radius 2 is 2.07 bits per heavy atom. The summed E-state index contributed by atoms with van der Waals surface area (Å²) in [6.07, 6.45) is 0.726. The summed E-state index contributed by atoms with van der Waals surface area (Å²) in [6.45, 7) is 7.21. The predicted molar refractivity (Wildman–Crippen MR) is 60.5 cm³/mol. The van der Waals surface area contributed by atoms with Gasteiger partial charge in [0.2, 0.25) is 10.0 Å². The van der Waals surface area contributed by atoms with Gasteiger partial charge in [-0.1, -0.05) is 20.8 Å². The van der Waals surface area contributed by atoms with Gasteiger partial charge >= 0.3 is 0 Å². The summed E-state index contributed by atoms with van der Waals surface area (Å²) in [5.41, 5.74) is 2.65. The number of hydrogen-bond acceptors (Lipinski definition) is 4. The first kappa shape index (κ1) is 12.9. The van der Waals surface area contributed by atoms with Gasteiger partial charge < -0.3 is 0 Å². The van der Waals surface area contributed by atoms with Crippen molar-refractivity contribution in [2.24, 2.45) is 11.3 Å². The van der Waals surface area contributed by atoms with Crippen LogP contribution < -0.4 is 11.3 Å². The zero-order chi connectivity index (χ0) is 11.7. The average Bonchev–Trinajstić information content (AvgIpc) is 2.39. The summed E-state index contributed by atoms with van der Waals surface area (Å²) in [5, 5.41) is 0. The molecule has 1 saturated heterocycles. The van der Waals surface area contributed by atoms with E-state index in [2.05, 4.69) is 5.43 Å². The van der Waals surface area contributed by atoms with Crippen LogP contribution >= 0.6 is 0 Å². The molecule has 1 aliphatic heterocycles. The molecule has 15 heavy (non-hydrogen) atoms. The first-order valence-corrected chi connectivity index (χ1v) is 6.82. The monoisotopic (exact) mass is 235 g/mol. The van der Waals surface area contributed by atoms with Gasteiger partial charge in [-0.2, -0.15) is 0 Å². The molecular weight excluding hydrogens is 214 g/mol. The Morgan fingerprint density at radius 3 is 2.40 bits per heavy atom. The lowest BCUT2D eigenvalue weighted by molar-refractivity contribution is 0.230. The number of nitrogens with one attached hydrogen (secondary N) is 1. The SMILES string of the molecule is CC(C)(C)[C@@H](CN1CCCS1(=O)=O)NN. The zero-order valence-corrected chi connectivity index (χ0v) is 10.5. The van der Waals surface area contributed by atoms with Crippen molar-refractivity contribution in [3.8, 4) is 0 Å². The molecule has 0 radical (unpaired) electrons. The van der Waals surface area contributed by atoms with E-state index < -0.39 is 10.0 Å². The fraction of sp³-hybridized carbons (Fsp3) is 1.00. The van der Waals surface area contributed by atoms with Crippen LogP contribution in [-0.4, -0.2) is 37.6 Å². The molecule has 0 saturated carbocycles. The number of hydrazine groups is 1. The minimum absolute atomic E-state index is 0.0228. The molecule has 1 fully saturated rings. The number of hydrogen-bond donors (Lipinski definition) is 2. The van der Waals surface area contributed by atoms with Crippen molar-refractivity contribution in [1.82, 2.24) is 9.73 Å². The molecule has 0 aliphatic carbocycles. The molecule has 0 spiro atoms. The van der Waals surface area contributed by atoms with Gasteiger partial charge in [0.1, 0.15) is 0 Å². The van der Waals surface area contributed by atoms with Crippen molar-refractivity contribution in [3.63, 3.8) is 0 Å². The first-order chi connectivity index (χ1) is 6.77. The van der Waals surface area contributed by atoms with Crippen LogP contribution in [0.25, 0.3) is 0 Å². The Bertz CT molecular complexity index is 308. The summed E-state index contributed by atoms with van der Waals surface area (Å²) in [6, 6.07) is -0.0228. The molecule has 0 unspecified atom stereocenters. The predicted octanol–water partition coefficient (Wildman–Crippen LogP) is -0.100. The highest BCUT2D eigenvalue weighted by Crippen LogP contribution is 2.22. The van der Waals surface area contributed by atoms with E-state index in [4.69, 9.17) is 5.84 Å². The standard InChI is InChI=1S/C9H21N3O2S/c1-9(2,3)8(11-10)7-12-5-4-6-15(12,13)14/h8,11H,4-7,10H2,1-3H3/t8-/m1/s1. The van der Waals surface area contributed by atoms with Crippen molar-refractivity contribution in [1.29, 1.82) is 0 Å². The normalized spacial score (nSPS) is 24.3. The fourth-order valence-electron chi connectivity index (χ4n) is 1.68. The van der Waals surface area contributed by atoms with Crippen LogP contribution in [0.15, 0.2) is 0 Å². The van der Waals surface area contributed by atoms with Crippen LogP contribution in [-0.2, 0) is 10.0 Å². The molecular formula is C9H21N3O2S. The molecule has 0 aromatic carbocycles. The Balaban J connectivity index is 2.68. The largest absolute Gasteiger partial charge is 0.271 e. The lowest BCUT2D eigenvalue weighted by atomic mass is 9.87. The molecule has 6 heteroatoms. The molecule has 1 heterocycles. The van der Waals surface area contributed by atoms with Crippen molar-refractivity contribution in [2.45, 2.75) is 33.2 Å². The first-order valence-electron chi connectivity index (χ1n) is 5.21. The third-order valence-electron chi connectivity index (χ3n) is 2.84. The Labute approximate surface area is 92.0 Å². The smallest absolute Gasteiger partial charge is 0.214 e. The lowest BCUT2D eigenvalue weighted by Crippen LogP contribution is -2.51. The van der Waals surface area contributed by atoms with Gasteiger partial charge in [-0.15, -0.1) is 0 Å². The molecule has 3 N–H and O–H groups in total. The highest BCUT2D eigenvalue weighted by molar-refractivity contribution is 7.89.